The van der Waals surface area contributed by atoms with Crippen molar-refractivity contribution in [2.45, 2.75) is 12.5 Å². The van der Waals surface area contributed by atoms with Gasteiger partial charge in [-0.05, 0) is 6.42 Å². The molecule has 1 aromatic carbocycles. The normalized spacial score (nSPS) is 22.5. The SMILES string of the molecule is OC[C@@H]1C=C[C@H](n2cc(-c3ccccc3)nn2)C1. The van der Waals surface area contributed by atoms with E-state index in [1.807, 2.05) is 41.2 Å². The molecule has 4 nitrogen and oxygen atoms in total. The fraction of sp³-hybridized carbons (Fsp3) is 0.286. The molecule has 4 heteroatoms. The molecule has 1 heterocycles. The van der Waals surface area contributed by atoms with Crippen LogP contribution in [0.4, 0.5) is 0 Å². The Balaban J connectivity index is 1.81. The molecule has 0 saturated carbocycles. The molecule has 92 valence electrons. The number of aromatic nitrogens is 3. The van der Waals surface area contributed by atoms with Crippen molar-refractivity contribution >= 4 is 0 Å². The van der Waals surface area contributed by atoms with Crippen LogP contribution < -0.4 is 0 Å². The molecule has 0 amide bonds. The minimum Gasteiger partial charge on any atom is -0.396 e. The van der Waals surface area contributed by atoms with Crippen LogP contribution in [0.3, 0.4) is 0 Å². The standard InChI is InChI=1S/C14H15N3O/c18-10-11-6-7-13(8-11)17-9-14(15-16-17)12-4-2-1-3-5-12/h1-7,9,11,13,18H,8,10H2/t11-,13+/m1/s1. The van der Waals surface area contributed by atoms with Crippen molar-refractivity contribution in [3.8, 4) is 11.3 Å². The molecule has 18 heavy (non-hydrogen) atoms. The van der Waals surface area contributed by atoms with E-state index in [4.69, 9.17) is 5.11 Å². The summed E-state index contributed by atoms with van der Waals surface area (Å²) in [6, 6.07) is 10.2. The van der Waals surface area contributed by atoms with E-state index in [-0.39, 0.29) is 18.6 Å². The summed E-state index contributed by atoms with van der Waals surface area (Å²) in [5, 5.41) is 17.5. The zero-order valence-electron chi connectivity index (χ0n) is 9.98. The first-order valence-electron chi connectivity index (χ1n) is 6.13. The first-order valence-corrected chi connectivity index (χ1v) is 6.13. The van der Waals surface area contributed by atoms with E-state index >= 15 is 0 Å². The highest BCUT2D eigenvalue weighted by Gasteiger charge is 2.20. The lowest BCUT2D eigenvalue weighted by Crippen LogP contribution is -2.08. The summed E-state index contributed by atoms with van der Waals surface area (Å²) >= 11 is 0. The maximum Gasteiger partial charge on any atom is 0.113 e. The van der Waals surface area contributed by atoms with Crippen LogP contribution in [0, 0.1) is 5.92 Å². The molecule has 1 aliphatic carbocycles. The number of allylic oxidation sites excluding steroid dienone is 1. The number of aliphatic hydroxyl groups is 1. The summed E-state index contributed by atoms with van der Waals surface area (Å²) < 4.78 is 1.87. The van der Waals surface area contributed by atoms with Gasteiger partial charge in [-0.3, -0.25) is 0 Å². The third kappa shape index (κ3) is 2.07. The molecule has 1 N–H and O–H groups in total. The van der Waals surface area contributed by atoms with Crippen LogP contribution in [-0.2, 0) is 0 Å². The van der Waals surface area contributed by atoms with E-state index < -0.39 is 0 Å². The molecule has 3 rings (SSSR count). The summed E-state index contributed by atoms with van der Waals surface area (Å²) in [5.41, 5.74) is 1.96. The summed E-state index contributed by atoms with van der Waals surface area (Å²) in [4.78, 5) is 0. The van der Waals surface area contributed by atoms with E-state index in [1.165, 1.54) is 0 Å². The van der Waals surface area contributed by atoms with E-state index in [2.05, 4.69) is 22.5 Å². The number of nitrogens with zero attached hydrogens (tertiary/aromatic N) is 3. The second-order valence-electron chi connectivity index (χ2n) is 4.58. The molecule has 1 aliphatic rings. The number of aliphatic hydroxyl groups excluding tert-OH is 1. The van der Waals surface area contributed by atoms with Crippen molar-refractivity contribution in [2.75, 3.05) is 6.61 Å². The predicted molar refractivity (Wildman–Crippen MR) is 68.8 cm³/mol. The molecule has 0 aliphatic heterocycles. The number of rotatable bonds is 3. The van der Waals surface area contributed by atoms with Gasteiger partial charge in [-0.15, -0.1) is 5.10 Å². The van der Waals surface area contributed by atoms with Crippen LogP contribution >= 0.6 is 0 Å². The zero-order valence-corrected chi connectivity index (χ0v) is 9.98. The Morgan fingerprint density at radius 1 is 1.22 bits per heavy atom. The van der Waals surface area contributed by atoms with Crippen LogP contribution in [0.2, 0.25) is 0 Å². The molecular formula is C14H15N3O. The summed E-state index contributed by atoms with van der Waals surface area (Å²) in [5.74, 6) is 0.249. The molecule has 0 spiro atoms. The molecule has 2 aromatic rings. The lowest BCUT2D eigenvalue weighted by Gasteiger charge is -2.09. The van der Waals surface area contributed by atoms with E-state index in [1.54, 1.807) is 0 Å². The van der Waals surface area contributed by atoms with Crippen LogP contribution in [0.15, 0.2) is 48.7 Å². The highest BCUT2D eigenvalue weighted by atomic mass is 16.3. The van der Waals surface area contributed by atoms with Gasteiger partial charge in [0.25, 0.3) is 0 Å². The first-order chi connectivity index (χ1) is 8.86. The van der Waals surface area contributed by atoms with Gasteiger partial charge in [-0.1, -0.05) is 47.7 Å². The van der Waals surface area contributed by atoms with Crippen molar-refractivity contribution in [2.24, 2.45) is 5.92 Å². The molecule has 0 fully saturated rings. The van der Waals surface area contributed by atoms with Gasteiger partial charge < -0.3 is 5.11 Å². The highest BCUT2D eigenvalue weighted by Crippen LogP contribution is 2.27. The van der Waals surface area contributed by atoms with E-state index in [0.29, 0.717) is 0 Å². The fourth-order valence-electron chi connectivity index (χ4n) is 2.26. The van der Waals surface area contributed by atoms with Gasteiger partial charge >= 0.3 is 0 Å². The molecule has 0 unspecified atom stereocenters. The van der Waals surface area contributed by atoms with Gasteiger partial charge in [0.05, 0.1) is 12.2 Å². The van der Waals surface area contributed by atoms with Gasteiger partial charge in [0.2, 0.25) is 0 Å². The average molecular weight is 241 g/mol. The monoisotopic (exact) mass is 241 g/mol. The maximum absolute atomic E-state index is 9.12. The van der Waals surface area contributed by atoms with Gasteiger partial charge in [0.15, 0.2) is 0 Å². The third-order valence-electron chi connectivity index (χ3n) is 3.30. The van der Waals surface area contributed by atoms with Gasteiger partial charge in [-0.2, -0.15) is 0 Å². The summed E-state index contributed by atoms with van der Waals surface area (Å²) in [6.45, 7) is 0.202. The predicted octanol–water partition coefficient (Wildman–Crippen LogP) is 2.05. The van der Waals surface area contributed by atoms with Crippen LogP contribution in [0.25, 0.3) is 11.3 Å². The average Bonchev–Trinajstić information content (AvgIpc) is 3.08. The Kier molecular flexibility index (Phi) is 2.94. The lowest BCUT2D eigenvalue weighted by atomic mass is 10.1. The maximum atomic E-state index is 9.12. The number of benzene rings is 1. The molecular weight excluding hydrogens is 226 g/mol. The van der Waals surface area contributed by atoms with E-state index in [0.717, 1.165) is 17.7 Å². The lowest BCUT2D eigenvalue weighted by molar-refractivity contribution is 0.242. The Hall–Kier alpha value is -1.94. The quantitative estimate of drug-likeness (QED) is 0.837. The molecule has 1 aromatic heterocycles. The Bertz CT molecular complexity index is 547. The zero-order chi connectivity index (χ0) is 12.4. The Morgan fingerprint density at radius 3 is 2.78 bits per heavy atom. The molecule has 2 atom stereocenters. The summed E-state index contributed by atoms with van der Waals surface area (Å²) in [6.07, 6.45) is 7.00. The molecule has 0 bridgehead atoms. The summed E-state index contributed by atoms with van der Waals surface area (Å²) in [7, 11) is 0. The van der Waals surface area contributed by atoms with Crippen molar-refractivity contribution in [3.63, 3.8) is 0 Å². The first kappa shape index (κ1) is 11.2. The van der Waals surface area contributed by atoms with Crippen molar-refractivity contribution in [3.05, 3.63) is 48.7 Å². The highest BCUT2D eigenvalue weighted by molar-refractivity contribution is 5.57. The fourth-order valence-corrected chi connectivity index (χ4v) is 2.26. The van der Waals surface area contributed by atoms with Gasteiger partial charge in [-0.25, -0.2) is 4.68 Å². The Morgan fingerprint density at radius 2 is 2.06 bits per heavy atom. The van der Waals surface area contributed by atoms with Crippen molar-refractivity contribution in [1.29, 1.82) is 0 Å². The molecule has 0 saturated heterocycles. The second kappa shape index (κ2) is 4.74. The molecule has 0 radical (unpaired) electrons. The number of hydrogen-bond donors (Lipinski definition) is 1. The number of hydrogen-bond acceptors (Lipinski definition) is 3. The van der Waals surface area contributed by atoms with Crippen LogP contribution in [0.5, 0.6) is 0 Å². The smallest absolute Gasteiger partial charge is 0.113 e. The third-order valence-corrected chi connectivity index (χ3v) is 3.30. The minimum atomic E-state index is 0.202. The van der Waals surface area contributed by atoms with Crippen molar-refractivity contribution in [1.82, 2.24) is 15.0 Å². The largest absolute Gasteiger partial charge is 0.396 e. The van der Waals surface area contributed by atoms with Crippen molar-refractivity contribution < 1.29 is 5.11 Å². The van der Waals surface area contributed by atoms with Gasteiger partial charge in [0, 0.05) is 18.1 Å². The van der Waals surface area contributed by atoms with Gasteiger partial charge in [0.1, 0.15) is 5.69 Å². The van der Waals surface area contributed by atoms with E-state index in [9.17, 15) is 0 Å². The van der Waals surface area contributed by atoms with Crippen LogP contribution in [-0.4, -0.2) is 26.7 Å². The van der Waals surface area contributed by atoms with Crippen LogP contribution in [0.1, 0.15) is 12.5 Å². The second-order valence-corrected chi connectivity index (χ2v) is 4.58. The Labute approximate surface area is 106 Å². The minimum absolute atomic E-state index is 0.202. The topological polar surface area (TPSA) is 50.9 Å².